The number of hydrogen-bond acceptors (Lipinski definition) is 5. The standard InChI is InChI=1S/C14H14N2O4/c1-20-9-3-4-10(13(18)7-9)14(19)16-12-5-2-8(17)6-11(12)15/h2-7,17-18H,15H2,1H3,(H,16,19). The first-order valence-electron chi connectivity index (χ1n) is 5.78. The Bertz CT molecular complexity index is 656. The van der Waals surface area contributed by atoms with Crippen molar-refractivity contribution in [1.82, 2.24) is 0 Å². The third-order valence-electron chi connectivity index (χ3n) is 2.73. The number of phenols is 2. The van der Waals surface area contributed by atoms with Crippen LogP contribution in [0, 0.1) is 0 Å². The van der Waals surface area contributed by atoms with E-state index >= 15 is 0 Å². The minimum atomic E-state index is -0.512. The van der Waals surface area contributed by atoms with Gasteiger partial charge >= 0.3 is 0 Å². The maximum absolute atomic E-state index is 12.0. The molecule has 5 N–H and O–H groups in total. The highest BCUT2D eigenvalue weighted by Gasteiger charge is 2.13. The first-order chi connectivity index (χ1) is 9.51. The van der Waals surface area contributed by atoms with E-state index < -0.39 is 5.91 Å². The molecule has 6 heteroatoms. The Morgan fingerprint density at radius 3 is 2.55 bits per heavy atom. The van der Waals surface area contributed by atoms with Crippen molar-refractivity contribution in [2.45, 2.75) is 0 Å². The fourth-order valence-electron chi connectivity index (χ4n) is 1.68. The molecule has 0 radical (unpaired) electrons. The predicted octanol–water partition coefficient (Wildman–Crippen LogP) is 1.94. The van der Waals surface area contributed by atoms with E-state index in [1.54, 1.807) is 6.07 Å². The molecule has 0 unspecified atom stereocenters. The van der Waals surface area contributed by atoms with Crippen molar-refractivity contribution >= 4 is 17.3 Å². The van der Waals surface area contributed by atoms with Gasteiger partial charge < -0.3 is 26.0 Å². The van der Waals surface area contributed by atoms with E-state index in [1.165, 1.54) is 37.4 Å². The monoisotopic (exact) mass is 274 g/mol. The predicted molar refractivity (Wildman–Crippen MR) is 75.1 cm³/mol. The Hall–Kier alpha value is -2.89. The smallest absolute Gasteiger partial charge is 0.259 e. The van der Waals surface area contributed by atoms with Crippen LogP contribution in [-0.2, 0) is 0 Å². The molecule has 0 bridgehead atoms. The van der Waals surface area contributed by atoms with Crippen LogP contribution >= 0.6 is 0 Å². The third kappa shape index (κ3) is 2.74. The van der Waals surface area contributed by atoms with Crippen molar-refractivity contribution in [3.05, 3.63) is 42.0 Å². The molecule has 20 heavy (non-hydrogen) atoms. The minimum Gasteiger partial charge on any atom is -0.508 e. The average molecular weight is 274 g/mol. The van der Waals surface area contributed by atoms with Crippen LogP contribution in [0.5, 0.6) is 17.2 Å². The molecule has 0 aliphatic carbocycles. The van der Waals surface area contributed by atoms with E-state index in [0.29, 0.717) is 11.4 Å². The highest BCUT2D eigenvalue weighted by molar-refractivity contribution is 6.07. The van der Waals surface area contributed by atoms with Crippen LogP contribution in [0.4, 0.5) is 11.4 Å². The Labute approximate surface area is 115 Å². The van der Waals surface area contributed by atoms with Gasteiger partial charge in [-0.3, -0.25) is 4.79 Å². The maximum Gasteiger partial charge on any atom is 0.259 e. The van der Waals surface area contributed by atoms with Crippen LogP contribution in [0.2, 0.25) is 0 Å². The number of carbonyl (C=O) groups excluding carboxylic acids is 1. The van der Waals surface area contributed by atoms with E-state index in [9.17, 15) is 15.0 Å². The van der Waals surface area contributed by atoms with Crippen LogP contribution in [0.3, 0.4) is 0 Å². The second kappa shape index (κ2) is 5.40. The number of rotatable bonds is 3. The first kappa shape index (κ1) is 13.5. The van der Waals surface area contributed by atoms with Crippen LogP contribution in [0.1, 0.15) is 10.4 Å². The van der Waals surface area contributed by atoms with Gasteiger partial charge in [-0.1, -0.05) is 0 Å². The summed E-state index contributed by atoms with van der Waals surface area (Å²) in [6.07, 6.45) is 0. The van der Waals surface area contributed by atoms with E-state index in [4.69, 9.17) is 10.5 Å². The molecule has 0 saturated heterocycles. The fourth-order valence-corrected chi connectivity index (χ4v) is 1.68. The van der Waals surface area contributed by atoms with Gasteiger partial charge in [-0.25, -0.2) is 0 Å². The number of amides is 1. The SMILES string of the molecule is COc1ccc(C(=O)Nc2ccc(O)cc2N)c(O)c1. The number of hydrogen-bond donors (Lipinski definition) is 4. The van der Waals surface area contributed by atoms with Gasteiger partial charge in [0.1, 0.15) is 17.2 Å². The summed E-state index contributed by atoms with van der Waals surface area (Å²) in [6, 6.07) is 8.55. The van der Waals surface area contributed by atoms with Gasteiger partial charge in [0.25, 0.3) is 5.91 Å². The van der Waals surface area contributed by atoms with Gasteiger partial charge in [-0.2, -0.15) is 0 Å². The number of phenolic OH excluding ortho intramolecular Hbond substituents is 2. The molecule has 0 aliphatic heterocycles. The molecule has 0 atom stereocenters. The molecule has 0 saturated carbocycles. The highest BCUT2D eigenvalue weighted by Crippen LogP contribution is 2.27. The lowest BCUT2D eigenvalue weighted by Crippen LogP contribution is -2.13. The van der Waals surface area contributed by atoms with Gasteiger partial charge in [-0.15, -0.1) is 0 Å². The summed E-state index contributed by atoms with van der Waals surface area (Å²) >= 11 is 0. The average Bonchev–Trinajstić information content (AvgIpc) is 2.41. The van der Waals surface area contributed by atoms with Crippen molar-refractivity contribution in [2.24, 2.45) is 0 Å². The lowest BCUT2D eigenvalue weighted by atomic mass is 10.1. The lowest BCUT2D eigenvalue weighted by molar-refractivity contribution is 0.102. The Balaban J connectivity index is 2.24. The fraction of sp³-hybridized carbons (Fsp3) is 0.0714. The first-order valence-corrected chi connectivity index (χ1v) is 5.78. The number of benzene rings is 2. The molecular weight excluding hydrogens is 260 g/mol. The zero-order valence-corrected chi connectivity index (χ0v) is 10.8. The zero-order valence-electron chi connectivity index (χ0n) is 10.8. The van der Waals surface area contributed by atoms with Crippen molar-refractivity contribution in [3.63, 3.8) is 0 Å². The Kier molecular flexibility index (Phi) is 3.65. The van der Waals surface area contributed by atoms with Crippen molar-refractivity contribution in [1.29, 1.82) is 0 Å². The van der Waals surface area contributed by atoms with Crippen LogP contribution < -0.4 is 15.8 Å². The number of ether oxygens (including phenoxy) is 1. The molecule has 0 aliphatic rings. The van der Waals surface area contributed by atoms with Crippen molar-refractivity contribution in [2.75, 3.05) is 18.2 Å². The Morgan fingerprint density at radius 2 is 1.95 bits per heavy atom. The van der Waals surface area contributed by atoms with Crippen LogP contribution in [0.15, 0.2) is 36.4 Å². The van der Waals surface area contributed by atoms with E-state index in [0.717, 1.165) is 0 Å². The van der Waals surface area contributed by atoms with Crippen LogP contribution in [0.25, 0.3) is 0 Å². The normalized spacial score (nSPS) is 10.1. The third-order valence-corrected chi connectivity index (χ3v) is 2.73. The molecule has 0 spiro atoms. The number of nitrogens with one attached hydrogen (secondary N) is 1. The molecule has 0 aromatic heterocycles. The largest absolute Gasteiger partial charge is 0.508 e. The molecule has 2 aromatic rings. The van der Waals surface area contributed by atoms with Crippen LogP contribution in [-0.4, -0.2) is 23.2 Å². The molecular formula is C14H14N2O4. The van der Waals surface area contributed by atoms with Crippen molar-refractivity contribution in [3.8, 4) is 17.2 Å². The van der Waals surface area contributed by atoms with Gasteiger partial charge in [0, 0.05) is 12.1 Å². The molecule has 0 heterocycles. The molecule has 1 amide bonds. The summed E-state index contributed by atoms with van der Waals surface area (Å²) in [5.41, 5.74) is 6.35. The quantitative estimate of drug-likeness (QED) is 0.505. The van der Waals surface area contributed by atoms with Crippen molar-refractivity contribution < 1.29 is 19.7 Å². The van der Waals surface area contributed by atoms with Gasteiger partial charge in [-0.05, 0) is 24.3 Å². The van der Waals surface area contributed by atoms with Gasteiger partial charge in [0.05, 0.1) is 24.0 Å². The maximum atomic E-state index is 12.0. The second-order valence-electron chi connectivity index (χ2n) is 4.11. The molecule has 2 aromatic carbocycles. The van der Waals surface area contributed by atoms with E-state index in [1.807, 2.05) is 0 Å². The summed E-state index contributed by atoms with van der Waals surface area (Å²) in [5, 5.41) is 21.6. The minimum absolute atomic E-state index is 0.00722. The number of aromatic hydroxyl groups is 2. The number of methoxy groups -OCH3 is 1. The second-order valence-corrected chi connectivity index (χ2v) is 4.11. The lowest BCUT2D eigenvalue weighted by Gasteiger charge is -2.10. The molecule has 0 fully saturated rings. The number of nitrogens with two attached hydrogens (primary N) is 1. The molecule has 2 rings (SSSR count). The number of carbonyl (C=O) groups is 1. The van der Waals surface area contributed by atoms with Gasteiger partial charge in [0.2, 0.25) is 0 Å². The summed E-state index contributed by atoms with van der Waals surface area (Å²) in [4.78, 5) is 12.0. The summed E-state index contributed by atoms with van der Waals surface area (Å²) in [6.45, 7) is 0. The number of nitrogen functional groups attached to an aromatic ring is 1. The van der Waals surface area contributed by atoms with Gasteiger partial charge in [0.15, 0.2) is 0 Å². The molecule has 104 valence electrons. The summed E-state index contributed by atoms with van der Waals surface area (Å²) in [7, 11) is 1.46. The number of anilines is 2. The zero-order chi connectivity index (χ0) is 14.7. The summed E-state index contributed by atoms with van der Waals surface area (Å²) in [5.74, 6) is -0.252. The summed E-state index contributed by atoms with van der Waals surface area (Å²) < 4.78 is 4.94. The highest BCUT2D eigenvalue weighted by atomic mass is 16.5. The molecule has 6 nitrogen and oxygen atoms in total. The Morgan fingerprint density at radius 1 is 1.20 bits per heavy atom. The van der Waals surface area contributed by atoms with E-state index in [-0.39, 0.29) is 22.7 Å². The van der Waals surface area contributed by atoms with E-state index in [2.05, 4.69) is 5.32 Å². The topological polar surface area (TPSA) is 105 Å².